The van der Waals surface area contributed by atoms with Crippen LogP contribution in [0.25, 0.3) is 0 Å². The van der Waals surface area contributed by atoms with Crippen LogP contribution < -0.4 is 0 Å². The molecule has 5 saturated carbocycles. The zero-order valence-corrected chi connectivity index (χ0v) is 37.0. The number of fused-ring (bicyclic) bond motifs is 12. The fourth-order valence-electron chi connectivity index (χ4n) is 13.2. The Morgan fingerprint density at radius 3 is 2.41 bits per heavy atom. The molecule has 7 nitrogen and oxygen atoms in total. The van der Waals surface area contributed by atoms with Crippen molar-refractivity contribution in [3.05, 3.63) is 81.1 Å². The average Bonchev–Trinajstić information content (AvgIpc) is 3.62. The van der Waals surface area contributed by atoms with Crippen molar-refractivity contribution in [1.82, 2.24) is 4.90 Å². The maximum Gasteiger partial charge on any atom is 0.313 e. The number of aliphatic hydroxyl groups excluding tert-OH is 1. The summed E-state index contributed by atoms with van der Waals surface area (Å²) < 4.78 is 21.4. The minimum absolute atomic E-state index is 0.0963. The highest BCUT2D eigenvalue weighted by atomic mass is 35.5. The predicted molar refractivity (Wildman–Crippen MR) is 227 cm³/mol. The lowest BCUT2D eigenvalue weighted by molar-refractivity contribution is -0.181. The van der Waals surface area contributed by atoms with Gasteiger partial charge < -0.3 is 19.8 Å². The van der Waals surface area contributed by atoms with Gasteiger partial charge in [-0.1, -0.05) is 76.1 Å². The van der Waals surface area contributed by atoms with Crippen LogP contribution in [0, 0.1) is 45.2 Å². The molecule has 0 unspecified atom stereocenters. The lowest BCUT2D eigenvalue weighted by atomic mass is 9.45. The third kappa shape index (κ3) is 6.58. The highest BCUT2D eigenvalue weighted by Gasteiger charge is 2.76. The highest BCUT2D eigenvalue weighted by Crippen LogP contribution is 2.67. The van der Waals surface area contributed by atoms with E-state index in [9.17, 15) is 19.8 Å². The first-order valence-corrected chi connectivity index (χ1v) is 22.7. The second-order valence-electron chi connectivity index (χ2n) is 21.3. The number of Topliss-reactive ketones (excluding diaryl/α,β-unsaturated/α-hetero) is 1. The molecule has 2 aromatic carbocycles. The van der Waals surface area contributed by atoms with Crippen LogP contribution in [0.1, 0.15) is 152 Å². The van der Waals surface area contributed by atoms with Gasteiger partial charge in [-0.05, 0) is 149 Å². The standard InChI is InChI=1S/C50H65ClFNO6/c1-30-10-9-20-47(6)38(35-18-14-31(24-34(54)17-13-30)25-36(35)42(55)27-37-40(51)11-8-12-41(37)52)19-21-49(47,58)29-53(28-32-15-16-33-26-39(32)45(33,2)3)43(56)50-23-22-48(7,44(57)59-50)46(50,4)5/h8,10-12,14,18,25,32-34,38-39,54,58H,9,13,15-17,19-24,26-29H2,1-7H3/t32-,33-,34-,38-,39-,47-,48-,49+,50+/m0/s1. The van der Waals surface area contributed by atoms with Gasteiger partial charge >= 0.3 is 5.97 Å². The number of hydrogen-bond donors (Lipinski definition) is 2. The Hall–Kier alpha value is -3.07. The molecule has 1 amide bonds. The molecule has 320 valence electrons. The van der Waals surface area contributed by atoms with Crippen molar-refractivity contribution in [1.29, 1.82) is 0 Å². The molecule has 2 aromatic rings. The predicted octanol–water partition coefficient (Wildman–Crippen LogP) is 9.97. The molecule has 1 aliphatic heterocycles. The number of allylic oxidation sites excluding steroid dienone is 2. The Labute approximate surface area is 355 Å². The van der Waals surface area contributed by atoms with E-state index in [2.05, 4.69) is 33.8 Å². The van der Waals surface area contributed by atoms with Crippen molar-refractivity contribution in [2.45, 2.75) is 155 Å². The molecule has 0 aromatic heterocycles. The summed E-state index contributed by atoms with van der Waals surface area (Å²) in [5, 5.41) is 24.8. The van der Waals surface area contributed by atoms with E-state index in [4.69, 9.17) is 16.3 Å². The van der Waals surface area contributed by atoms with Crippen molar-refractivity contribution in [2.24, 2.45) is 39.4 Å². The number of hydrogen-bond acceptors (Lipinski definition) is 6. The SMILES string of the molecule is CC1=CCC[C@@]2(C)[C@@H](CC[C@@]2(O)CN(C[C@@H]2CC[C@H]3C[C@@H]2C3(C)C)C(=O)[C@@]23CC[C@@](C)(C(=O)O2)C3(C)C)c2ccc(cc2C(=O)Cc2c(F)cccc2Cl)C[C@@H](O)CC1. The van der Waals surface area contributed by atoms with Gasteiger partial charge in [0.25, 0.3) is 5.91 Å². The molecule has 6 bridgehead atoms. The van der Waals surface area contributed by atoms with Crippen LogP contribution in [0.3, 0.4) is 0 Å². The third-order valence-corrected chi connectivity index (χ3v) is 18.3. The number of rotatable bonds is 8. The molecule has 1 saturated heterocycles. The van der Waals surface area contributed by atoms with E-state index < -0.39 is 39.4 Å². The summed E-state index contributed by atoms with van der Waals surface area (Å²) >= 11 is 6.46. The minimum Gasteiger partial charge on any atom is -0.448 e. The topological polar surface area (TPSA) is 104 Å². The molecule has 2 N–H and O–H groups in total. The van der Waals surface area contributed by atoms with Gasteiger partial charge in [0.1, 0.15) is 5.82 Å². The van der Waals surface area contributed by atoms with E-state index in [0.29, 0.717) is 75.3 Å². The van der Waals surface area contributed by atoms with Gasteiger partial charge in [-0.15, -0.1) is 0 Å². The Bertz CT molecular complexity index is 2060. The Morgan fingerprint density at radius 1 is 0.983 bits per heavy atom. The molecule has 7 aliphatic carbocycles. The van der Waals surface area contributed by atoms with Crippen LogP contribution in [0.5, 0.6) is 0 Å². The van der Waals surface area contributed by atoms with E-state index in [-0.39, 0.29) is 58.5 Å². The summed E-state index contributed by atoms with van der Waals surface area (Å²) in [6, 6.07) is 10.3. The summed E-state index contributed by atoms with van der Waals surface area (Å²) in [5.41, 5.74) is -1.37. The number of benzene rings is 2. The van der Waals surface area contributed by atoms with Crippen molar-refractivity contribution >= 4 is 29.3 Å². The van der Waals surface area contributed by atoms with Crippen LogP contribution in [-0.2, 0) is 27.2 Å². The molecule has 1 heterocycles. The van der Waals surface area contributed by atoms with E-state index >= 15 is 9.18 Å². The fraction of sp³-hybridized carbons (Fsp3) is 0.660. The second-order valence-corrected chi connectivity index (χ2v) is 21.7. The van der Waals surface area contributed by atoms with Gasteiger partial charge in [0.05, 0.1) is 23.7 Å². The number of halogens is 2. The van der Waals surface area contributed by atoms with Crippen molar-refractivity contribution < 1.29 is 33.7 Å². The largest absolute Gasteiger partial charge is 0.448 e. The van der Waals surface area contributed by atoms with Gasteiger partial charge in [0.2, 0.25) is 0 Å². The molecule has 0 spiro atoms. The molecule has 59 heavy (non-hydrogen) atoms. The normalized spacial score (nSPS) is 36.9. The van der Waals surface area contributed by atoms with Gasteiger partial charge in [-0.3, -0.25) is 14.4 Å². The number of ketones is 1. The van der Waals surface area contributed by atoms with Crippen LogP contribution >= 0.6 is 11.6 Å². The lowest BCUT2D eigenvalue weighted by Gasteiger charge is -2.61. The first-order valence-electron chi connectivity index (χ1n) is 22.4. The van der Waals surface area contributed by atoms with Crippen molar-refractivity contribution in [3.8, 4) is 0 Å². The fourth-order valence-corrected chi connectivity index (χ4v) is 13.4. The molecular formula is C50H65ClFNO6. The Kier molecular flexibility index (Phi) is 10.7. The molecule has 9 heteroatoms. The van der Waals surface area contributed by atoms with Crippen LogP contribution in [0.4, 0.5) is 4.39 Å². The van der Waals surface area contributed by atoms with E-state index in [1.165, 1.54) is 17.7 Å². The van der Waals surface area contributed by atoms with Gasteiger partial charge in [-0.25, -0.2) is 4.39 Å². The number of nitrogens with zero attached hydrogens (tertiary/aromatic N) is 1. The zero-order valence-electron chi connectivity index (χ0n) is 36.3. The summed E-state index contributed by atoms with van der Waals surface area (Å²) in [6.07, 6.45) is 9.65. The Balaban J connectivity index is 1.20. The monoisotopic (exact) mass is 829 g/mol. The first-order chi connectivity index (χ1) is 27.7. The quantitative estimate of drug-likeness (QED) is 0.156. The number of esters is 1. The second kappa shape index (κ2) is 14.8. The van der Waals surface area contributed by atoms with Gasteiger partial charge in [0, 0.05) is 39.9 Å². The van der Waals surface area contributed by atoms with Crippen molar-refractivity contribution in [3.63, 3.8) is 0 Å². The van der Waals surface area contributed by atoms with Crippen LogP contribution in [-0.4, -0.2) is 63.2 Å². The van der Waals surface area contributed by atoms with E-state index in [1.807, 2.05) is 43.9 Å². The molecule has 8 aliphatic rings. The third-order valence-electron chi connectivity index (χ3n) is 18.0. The highest BCUT2D eigenvalue weighted by molar-refractivity contribution is 6.31. The van der Waals surface area contributed by atoms with Gasteiger partial charge in [0.15, 0.2) is 11.4 Å². The lowest BCUT2D eigenvalue weighted by Crippen LogP contribution is -2.62. The molecule has 6 fully saturated rings. The average molecular weight is 831 g/mol. The molecule has 10 rings (SSSR count). The van der Waals surface area contributed by atoms with Crippen LogP contribution in [0.2, 0.25) is 5.02 Å². The van der Waals surface area contributed by atoms with Crippen molar-refractivity contribution in [2.75, 3.05) is 13.1 Å². The smallest absolute Gasteiger partial charge is 0.313 e. The number of carbonyl (C=O) groups is 3. The first kappa shape index (κ1) is 42.6. The van der Waals surface area contributed by atoms with E-state index in [0.717, 1.165) is 36.8 Å². The summed E-state index contributed by atoms with van der Waals surface area (Å²) in [6.45, 7) is 15.5. The maximum atomic E-state index is 15.5. The minimum atomic E-state index is -1.35. The zero-order chi connectivity index (χ0) is 42.5. The number of carbonyl (C=O) groups excluding carboxylic acids is 3. The summed E-state index contributed by atoms with van der Waals surface area (Å²) in [5.74, 6) is -0.148. The number of aliphatic hydroxyl groups is 2. The number of amides is 1. The summed E-state index contributed by atoms with van der Waals surface area (Å²) in [4.78, 5) is 45.5. The summed E-state index contributed by atoms with van der Waals surface area (Å²) in [7, 11) is 0. The van der Waals surface area contributed by atoms with E-state index in [1.54, 1.807) is 6.07 Å². The van der Waals surface area contributed by atoms with Gasteiger partial charge in [-0.2, -0.15) is 0 Å². The molecule has 0 radical (unpaired) electrons. The molecular weight excluding hydrogens is 765 g/mol. The maximum absolute atomic E-state index is 15.5. The molecule has 9 atom stereocenters. The van der Waals surface area contributed by atoms with Crippen LogP contribution in [0.15, 0.2) is 48.0 Å². The number of ether oxygens (including phenoxy) is 1. The Morgan fingerprint density at radius 2 is 1.75 bits per heavy atom.